The van der Waals surface area contributed by atoms with Crippen LogP contribution in [0.3, 0.4) is 0 Å². The lowest BCUT2D eigenvalue weighted by Crippen LogP contribution is -2.36. The number of methoxy groups -OCH3 is 1. The zero-order valence-electron chi connectivity index (χ0n) is 17.4. The summed E-state index contributed by atoms with van der Waals surface area (Å²) in [5.74, 6) is 3.21. The minimum absolute atomic E-state index is 0.0189. The summed E-state index contributed by atoms with van der Waals surface area (Å²) in [6, 6.07) is 0. The quantitative estimate of drug-likeness (QED) is 0.344. The molecule has 2 heterocycles. The molecule has 3 fully saturated rings. The highest BCUT2D eigenvalue weighted by Gasteiger charge is 2.51. The molecule has 3 atom stereocenters. The number of ether oxygens (including phenoxy) is 3. The van der Waals surface area contributed by atoms with Gasteiger partial charge in [-0.05, 0) is 37.7 Å². The van der Waals surface area contributed by atoms with E-state index < -0.39 is 5.79 Å². The minimum Gasteiger partial charge on any atom is -0.385 e. The predicted molar refractivity (Wildman–Crippen MR) is 118 cm³/mol. The summed E-state index contributed by atoms with van der Waals surface area (Å²) in [6.07, 6.45) is 11.7. The molecule has 3 aliphatic rings. The SMILES string of the molecule is COCCC(C)C(=O)C=C[C@H]1CCC2(OCCO2)[C@@H]1CCCCC1SCCS1. The second-order valence-electron chi connectivity index (χ2n) is 8.22. The fourth-order valence-electron chi connectivity index (χ4n) is 4.64. The van der Waals surface area contributed by atoms with Crippen LogP contribution in [0.25, 0.3) is 0 Å². The molecule has 0 bridgehead atoms. The molecule has 1 aliphatic carbocycles. The summed E-state index contributed by atoms with van der Waals surface area (Å²) < 4.78 is 18.1. The van der Waals surface area contributed by atoms with Crippen LogP contribution in [-0.2, 0) is 19.0 Å². The van der Waals surface area contributed by atoms with Gasteiger partial charge in [-0.2, -0.15) is 0 Å². The van der Waals surface area contributed by atoms with Gasteiger partial charge >= 0.3 is 0 Å². The molecule has 1 unspecified atom stereocenters. The zero-order valence-corrected chi connectivity index (χ0v) is 19.0. The van der Waals surface area contributed by atoms with E-state index in [0.717, 1.165) is 30.3 Å². The van der Waals surface area contributed by atoms with Crippen molar-refractivity contribution in [2.24, 2.45) is 17.8 Å². The fraction of sp³-hybridized carbons (Fsp3) is 0.864. The van der Waals surface area contributed by atoms with E-state index in [4.69, 9.17) is 14.2 Å². The molecule has 0 N–H and O–H groups in total. The Morgan fingerprint density at radius 3 is 2.64 bits per heavy atom. The van der Waals surface area contributed by atoms with Crippen molar-refractivity contribution in [2.45, 2.75) is 62.2 Å². The average molecular weight is 429 g/mol. The molecule has 1 saturated carbocycles. The molecule has 0 radical (unpaired) electrons. The van der Waals surface area contributed by atoms with Crippen LogP contribution in [0.4, 0.5) is 0 Å². The fourth-order valence-corrected chi connectivity index (χ4v) is 7.57. The van der Waals surface area contributed by atoms with Gasteiger partial charge in [0.05, 0.1) is 17.8 Å². The number of hydrogen-bond donors (Lipinski definition) is 0. The van der Waals surface area contributed by atoms with E-state index in [0.29, 0.717) is 31.7 Å². The number of thioether (sulfide) groups is 2. The Kier molecular flexibility index (Phi) is 9.23. The summed E-state index contributed by atoms with van der Waals surface area (Å²) in [5.41, 5.74) is 0. The zero-order chi connectivity index (χ0) is 19.8. The van der Waals surface area contributed by atoms with E-state index in [2.05, 4.69) is 29.6 Å². The molecule has 4 nitrogen and oxygen atoms in total. The highest BCUT2D eigenvalue weighted by atomic mass is 32.2. The van der Waals surface area contributed by atoms with Crippen LogP contribution in [0.5, 0.6) is 0 Å². The highest BCUT2D eigenvalue weighted by molar-refractivity contribution is 8.20. The summed E-state index contributed by atoms with van der Waals surface area (Å²) in [7, 11) is 1.68. The Labute approximate surface area is 178 Å². The number of unbranched alkanes of at least 4 members (excludes halogenated alkanes) is 1. The van der Waals surface area contributed by atoms with Crippen molar-refractivity contribution in [1.82, 2.24) is 0 Å². The number of ketones is 1. The number of hydrogen-bond acceptors (Lipinski definition) is 6. The van der Waals surface area contributed by atoms with E-state index in [9.17, 15) is 4.79 Å². The van der Waals surface area contributed by atoms with Gasteiger partial charge in [0.1, 0.15) is 0 Å². The van der Waals surface area contributed by atoms with Gasteiger partial charge in [0.25, 0.3) is 0 Å². The van der Waals surface area contributed by atoms with Gasteiger partial charge in [-0.3, -0.25) is 4.79 Å². The number of allylic oxidation sites excluding steroid dienone is 2. The molecule has 1 spiro atoms. The van der Waals surface area contributed by atoms with Crippen LogP contribution < -0.4 is 0 Å². The second-order valence-corrected chi connectivity index (χ2v) is 11.1. The lowest BCUT2D eigenvalue weighted by molar-refractivity contribution is -0.186. The van der Waals surface area contributed by atoms with Crippen molar-refractivity contribution in [3.8, 4) is 0 Å². The van der Waals surface area contributed by atoms with Crippen LogP contribution in [-0.4, -0.2) is 54.6 Å². The van der Waals surface area contributed by atoms with E-state index in [1.165, 1.54) is 30.8 Å². The maximum atomic E-state index is 12.4. The van der Waals surface area contributed by atoms with E-state index >= 15 is 0 Å². The van der Waals surface area contributed by atoms with Crippen molar-refractivity contribution in [2.75, 3.05) is 38.4 Å². The van der Waals surface area contributed by atoms with Crippen LogP contribution in [0.2, 0.25) is 0 Å². The van der Waals surface area contributed by atoms with E-state index in [1.54, 1.807) is 7.11 Å². The lowest BCUT2D eigenvalue weighted by atomic mass is 9.86. The van der Waals surface area contributed by atoms with Crippen LogP contribution in [0.1, 0.15) is 51.9 Å². The average Bonchev–Trinajstić information content (AvgIpc) is 3.45. The molecule has 160 valence electrons. The van der Waals surface area contributed by atoms with Crippen LogP contribution in [0, 0.1) is 17.8 Å². The first kappa shape index (κ1) is 22.7. The Hall–Kier alpha value is -0.0100. The van der Waals surface area contributed by atoms with Gasteiger partial charge < -0.3 is 14.2 Å². The Balaban J connectivity index is 1.52. The van der Waals surface area contributed by atoms with Gasteiger partial charge in [0.2, 0.25) is 0 Å². The van der Waals surface area contributed by atoms with Crippen molar-refractivity contribution in [3.05, 3.63) is 12.2 Å². The van der Waals surface area contributed by atoms with Crippen molar-refractivity contribution in [1.29, 1.82) is 0 Å². The van der Waals surface area contributed by atoms with Gasteiger partial charge in [0, 0.05) is 43.5 Å². The monoisotopic (exact) mass is 428 g/mol. The molecule has 2 saturated heterocycles. The Morgan fingerprint density at radius 2 is 1.93 bits per heavy atom. The molecule has 6 heteroatoms. The number of carbonyl (C=O) groups excluding carboxylic acids is 1. The number of rotatable bonds is 11. The van der Waals surface area contributed by atoms with Gasteiger partial charge in [0.15, 0.2) is 11.6 Å². The maximum Gasteiger partial charge on any atom is 0.171 e. The topological polar surface area (TPSA) is 44.8 Å². The third-order valence-electron chi connectivity index (χ3n) is 6.33. The van der Waals surface area contributed by atoms with Gasteiger partial charge in [-0.1, -0.05) is 25.8 Å². The van der Waals surface area contributed by atoms with Crippen molar-refractivity contribution in [3.63, 3.8) is 0 Å². The third kappa shape index (κ3) is 6.00. The molecular formula is C22H36O4S2. The van der Waals surface area contributed by atoms with E-state index in [-0.39, 0.29) is 11.7 Å². The van der Waals surface area contributed by atoms with Crippen molar-refractivity contribution >= 4 is 29.3 Å². The van der Waals surface area contributed by atoms with Gasteiger partial charge in [-0.15, -0.1) is 23.5 Å². The summed E-state index contributed by atoms with van der Waals surface area (Å²) in [6.45, 7) is 4.03. The minimum atomic E-state index is -0.392. The third-order valence-corrected chi connectivity index (χ3v) is 9.50. The summed E-state index contributed by atoms with van der Waals surface area (Å²) in [5, 5.41) is 0. The molecule has 2 aliphatic heterocycles. The molecule has 0 aromatic heterocycles. The van der Waals surface area contributed by atoms with Crippen molar-refractivity contribution < 1.29 is 19.0 Å². The first-order valence-corrected chi connectivity index (χ1v) is 13.0. The first-order valence-electron chi connectivity index (χ1n) is 10.9. The molecule has 0 aromatic rings. The Morgan fingerprint density at radius 1 is 1.21 bits per heavy atom. The standard InChI is InChI=1S/C22H36O4S2/c1-17(10-12-24-2)20(23)8-7-18-9-11-22(25-13-14-26-22)19(18)5-3-4-6-21-27-15-16-28-21/h7-8,17-19,21H,3-6,9-16H2,1-2H3/t17?,18-,19+/m0/s1. The van der Waals surface area contributed by atoms with Crippen LogP contribution >= 0.6 is 23.5 Å². The predicted octanol–water partition coefficient (Wildman–Crippen LogP) is 4.92. The number of carbonyl (C=O) groups is 1. The molecule has 0 amide bonds. The molecule has 0 aromatic carbocycles. The maximum absolute atomic E-state index is 12.4. The molecule has 3 rings (SSSR count). The van der Waals surface area contributed by atoms with Gasteiger partial charge in [-0.25, -0.2) is 0 Å². The lowest BCUT2D eigenvalue weighted by Gasteiger charge is -2.31. The van der Waals surface area contributed by atoms with Crippen LogP contribution in [0.15, 0.2) is 12.2 Å². The second kappa shape index (κ2) is 11.4. The summed E-state index contributed by atoms with van der Waals surface area (Å²) >= 11 is 4.24. The highest BCUT2D eigenvalue weighted by Crippen LogP contribution is 2.49. The molecular weight excluding hydrogens is 392 g/mol. The summed E-state index contributed by atoms with van der Waals surface area (Å²) in [4.78, 5) is 12.4. The smallest absolute Gasteiger partial charge is 0.171 e. The van der Waals surface area contributed by atoms with E-state index in [1.807, 2.05) is 13.0 Å². The largest absolute Gasteiger partial charge is 0.385 e. The molecule has 28 heavy (non-hydrogen) atoms. The first-order chi connectivity index (χ1) is 13.6. The Bertz CT molecular complexity index is 513. The normalized spacial score (nSPS) is 28.6.